The first-order chi connectivity index (χ1) is 12.4. The zero-order chi connectivity index (χ0) is 18.7. The number of hydrogen-bond acceptors (Lipinski definition) is 2. The number of carbonyl (C=O) groups is 1. The summed E-state index contributed by atoms with van der Waals surface area (Å²) >= 11 is 12.5. The lowest BCUT2D eigenvalue weighted by atomic mass is 9.95. The molecule has 1 N–H and O–H groups in total. The molecule has 3 nitrogen and oxygen atoms in total. The molecule has 1 fully saturated rings. The van der Waals surface area contributed by atoms with Gasteiger partial charge in [0.2, 0.25) is 5.91 Å². The summed E-state index contributed by atoms with van der Waals surface area (Å²) in [6.07, 6.45) is 1.69. The first-order valence-electron chi connectivity index (χ1n) is 8.97. The molecular formula is C21H24Cl2N2O. The maximum atomic E-state index is 12.6. The lowest BCUT2D eigenvalue weighted by Crippen LogP contribution is -2.37. The molecule has 5 heteroatoms. The van der Waals surface area contributed by atoms with Gasteiger partial charge in [-0.25, -0.2) is 0 Å². The van der Waals surface area contributed by atoms with E-state index >= 15 is 0 Å². The predicted octanol–water partition coefficient (Wildman–Crippen LogP) is 5.46. The van der Waals surface area contributed by atoms with Gasteiger partial charge in [0.25, 0.3) is 0 Å². The maximum absolute atomic E-state index is 12.6. The Morgan fingerprint density at radius 1 is 1.08 bits per heavy atom. The van der Waals surface area contributed by atoms with E-state index in [4.69, 9.17) is 23.2 Å². The molecule has 0 radical (unpaired) electrons. The number of piperidine rings is 1. The number of nitrogens with zero attached hydrogens (tertiary/aromatic N) is 1. The van der Waals surface area contributed by atoms with Gasteiger partial charge in [-0.3, -0.25) is 9.69 Å². The van der Waals surface area contributed by atoms with Gasteiger partial charge < -0.3 is 5.32 Å². The van der Waals surface area contributed by atoms with Crippen molar-refractivity contribution in [3.63, 3.8) is 0 Å². The fraction of sp³-hybridized carbons (Fsp3) is 0.381. The van der Waals surface area contributed by atoms with Gasteiger partial charge in [0.05, 0.1) is 0 Å². The van der Waals surface area contributed by atoms with Crippen LogP contribution in [0.15, 0.2) is 36.4 Å². The summed E-state index contributed by atoms with van der Waals surface area (Å²) in [6, 6.07) is 11.7. The maximum Gasteiger partial charge on any atom is 0.227 e. The van der Waals surface area contributed by atoms with Crippen molar-refractivity contribution in [1.29, 1.82) is 0 Å². The van der Waals surface area contributed by atoms with Gasteiger partial charge in [-0.2, -0.15) is 0 Å². The smallest absolute Gasteiger partial charge is 0.227 e. The van der Waals surface area contributed by atoms with Crippen LogP contribution in [0, 0.1) is 19.8 Å². The minimum atomic E-state index is 0.0498. The SMILES string of the molecule is Cc1cc(C)cc(NC(=O)C2CCN(Cc3c(Cl)cccc3Cl)CC2)c1. The number of aryl methyl sites for hydroxylation is 2. The molecule has 1 heterocycles. The number of amides is 1. The highest BCUT2D eigenvalue weighted by Gasteiger charge is 2.25. The summed E-state index contributed by atoms with van der Waals surface area (Å²) in [5.74, 6) is 0.166. The van der Waals surface area contributed by atoms with Crippen molar-refractivity contribution in [1.82, 2.24) is 4.90 Å². The predicted molar refractivity (Wildman–Crippen MR) is 109 cm³/mol. The first-order valence-corrected chi connectivity index (χ1v) is 9.72. The van der Waals surface area contributed by atoms with Crippen LogP contribution >= 0.6 is 23.2 Å². The number of rotatable bonds is 4. The first kappa shape index (κ1) is 19.2. The topological polar surface area (TPSA) is 32.3 Å². The fourth-order valence-electron chi connectivity index (χ4n) is 3.55. The van der Waals surface area contributed by atoms with E-state index in [2.05, 4.69) is 16.3 Å². The molecule has 1 amide bonds. The summed E-state index contributed by atoms with van der Waals surface area (Å²) in [4.78, 5) is 14.9. The molecule has 2 aromatic carbocycles. The molecule has 0 bridgehead atoms. The highest BCUT2D eigenvalue weighted by atomic mass is 35.5. The van der Waals surface area contributed by atoms with Crippen molar-refractivity contribution in [2.45, 2.75) is 33.2 Å². The van der Waals surface area contributed by atoms with Crippen molar-refractivity contribution in [2.75, 3.05) is 18.4 Å². The number of nitrogens with one attached hydrogen (secondary N) is 1. The third-order valence-electron chi connectivity index (χ3n) is 4.89. The average Bonchev–Trinajstić information content (AvgIpc) is 2.58. The fourth-order valence-corrected chi connectivity index (χ4v) is 4.07. The molecule has 0 aliphatic carbocycles. The second kappa shape index (κ2) is 8.43. The Balaban J connectivity index is 1.55. The van der Waals surface area contributed by atoms with E-state index in [0.29, 0.717) is 10.0 Å². The molecular weight excluding hydrogens is 367 g/mol. The molecule has 1 aliphatic heterocycles. The quantitative estimate of drug-likeness (QED) is 0.751. The van der Waals surface area contributed by atoms with Crippen molar-refractivity contribution in [3.8, 4) is 0 Å². The van der Waals surface area contributed by atoms with Gasteiger partial charge in [-0.05, 0) is 75.2 Å². The van der Waals surface area contributed by atoms with E-state index in [9.17, 15) is 4.79 Å². The molecule has 26 heavy (non-hydrogen) atoms. The Hall–Kier alpha value is -1.55. The number of anilines is 1. The third kappa shape index (κ3) is 4.79. The van der Waals surface area contributed by atoms with Crippen LogP contribution in [0.4, 0.5) is 5.69 Å². The minimum absolute atomic E-state index is 0.0498. The molecule has 0 spiro atoms. The molecule has 1 aliphatic rings. The second-order valence-electron chi connectivity index (χ2n) is 7.12. The highest BCUT2D eigenvalue weighted by Crippen LogP contribution is 2.28. The molecule has 0 unspecified atom stereocenters. The Morgan fingerprint density at radius 2 is 1.65 bits per heavy atom. The van der Waals surface area contributed by atoms with Gasteiger partial charge in [-0.15, -0.1) is 0 Å². The third-order valence-corrected chi connectivity index (χ3v) is 5.60. The Bertz CT molecular complexity index is 758. The van der Waals surface area contributed by atoms with E-state index in [1.165, 1.54) is 0 Å². The van der Waals surface area contributed by atoms with Crippen LogP contribution in [0.5, 0.6) is 0 Å². The Kier molecular flexibility index (Phi) is 6.23. The lowest BCUT2D eigenvalue weighted by Gasteiger charge is -2.31. The number of benzene rings is 2. The number of carbonyl (C=O) groups excluding carboxylic acids is 1. The van der Waals surface area contributed by atoms with Crippen LogP contribution in [0.1, 0.15) is 29.5 Å². The van der Waals surface area contributed by atoms with Gasteiger partial charge in [0.1, 0.15) is 0 Å². The van der Waals surface area contributed by atoms with Crippen LogP contribution in [-0.4, -0.2) is 23.9 Å². The summed E-state index contributed by atoms with van der Waals surface area (Å²) in [5.41, 5.74) is 4.17. The van der Waals surface area contributed by atoms with Gasteiger partial charge in [0.15, 0.2) is 0 Å². The number of halogens is 2. The van der Waals surface area contributed by atoms with E-state index in [0.717, 1.165) is 54.9 Å². The minimum Gasteiger partial charge on any atom is -0.326 e. The normalized spacial score (nSPS) is 15.8. The molecule has 0 aromatic heterocycles. The summed E-state index contributed by atoms with van der Waals surface area (Å²) in [7, 11) is 0. The van der Waals surface area contributed by atoms with Crippen molar-refractivity contribution < 1.29 is 4.79 Å². The standard InChI is InChI=1S/C21H24Cl2N2O/c1-14-10-15(2)12-17(11-14)24-21(26)16-6-8-25(9-7-16)13-18-19(22)4-3-5-20(18)23/h3-5,10-12,16H,6-9,13H2,1-2H3,(H,24,26). The molecule has 0 saturated carbocycles. The molecule has 1 saturated heterocycles. The molecule has 0 atom stereocenters. The molecule has 138 valence electrons. The zero-order valence-corrected chi connectivity index (χ0v) is 16.7. The van der Waals surface area contributed by atoms with E-state index in [-0.39, 0.29) is 11.8 Å². The zero-order valence-electron chi connectivity index (χ0n) is 15.2. The molecule has 3 rings (SSSR count). The van der Waals surface area contributed by atoms with E-state index in [1.807, 2.05) is 44.2 Å². The van der Waals surface area contributed by atoms with Gasteiger partial charge >= 0.3 is 0 Å². The summed E-state index contributed by atoms with van der Waals surface area (Å²) in [6.45, 7) is 6.55. The van der Waals surface area contributed by atoms with Crippen LogP contribution in [-0.2, 0) is 11.3 Å². The monoisotopic (exact) mass is 390 g/mol. The average molecular weight is 391 g/mol. The summed E-state index contributed by atoms with van der Waals surface area (Å²) in [5, 5.41) is 4.48. The Morgan fingerprint density at radius 3 is 2.23 bits per heavy atom. The van der Waals surface area contributed by atoms with Crippen molar-refractivity contribution in [2.24, 2.45) is 5.92 Å². The van der Waals surface area contributed by atoms with Crippen LogP contribution in [0.25, 0.3) is 0 Å². The van der Waals surface area contributed by atoms with E-state index in [1.54, 1.807) is 0 Å². The number of likely N-dealkylation sites (tertiary alicyclic amines) is 1. The molecule has 2 aromatic rings. The highest BCUT2D eigenvalue weighted by molar-refractivity contribution is 6.35. The van der Waals surface area contributed by atoms with Crippen molar-refractivity contribution in [3.05, 3.63) is 63.1 Å². The summed E-state index contributed by atoms with van der Waals surface area (Å²) < 4.78 is 0. The van der Waals surface area contributed by atoms with Crippen LogP contribution in [0.2, 0.25) is 10.0 Å². The van der Waals surface area contributed by atoms with E-state index < -0.39 is 0 Å². The lowest BCUT2D eigenvalue weighted by molar-refractivity contribution is -0.121. The van der Waals surface area contributed by atoms with Crippen LogP contribution < -0.4 is 5.32 Å². The Labute approximate surface area is 165 Å². The largest absolute Gasteiger partial charge is 0.326 e. The second-order valence-corrected chi connectivity index (χ2v) is 7.93. The van der Waals surface area contributed by atoms with Crippen molar-refractivity contribution >= 4 is 34.8 Å². The number of hydrogen-bond donors (Lipinski definition) is 1. The van der Waals surface area contributed by atoms with Gasteiger partial charge in [0, 0.05) is 33.8 Å². The van der Waals surface area contributed by atoms with Crippen LogP contribution in [0.3, 0.4) is 0 Å². The van der Waals surface area contributed by atoms with Gasteiger partial charge in [-0.1, -0.05) is 35.3 Å².